The predicted molar refractivity (Wildman–Crippen MR) is 59.5 cm³/mol. The molecule has 1 heterocycles. The molecule has 0 spiro atoms. The first kappa shape index (κ1) is 12.5. The lowest BCUT2D eigenvalue weighted by Crippen LogP contribution is -2.37. The van der Waals surface area contributed by atoms with Gasteiger partial charge in [0.2, 0.25) is 0 Å². The number of carbonyl (C=O) groups is 1. The molecule has 0 bridgehead atoms. The molecule has 1 aliphatic heterocycles. The maximum atomic E-state index is 11.3. The molecule has 88 valence electrons. The number of nitrogens with two attached hydrogens (primary N) is 1. The van der Waals surface area contributed by atoms with Crippen LogP contribution in [0.15, 0.2) is 0 Å². The number of ether oxygens (including phenoxy) is 1. The molecule has 0 saturated carbocycles. The van der Waals surface area contributed by atoms with Crippen molar-refractivity contribution in [2.24, 2.45) is 11.7 Å². The monoisotopic (exact) mass is 214 g/mol. The second kappa shape index (κ2) is 6.80. The number of nitrogens with zero attached hydrogens (tertiary/aromatic N) is 1. The molecule has 0 amide bonds. The molecule has 4 heteroatoms. The van der Waals surface area contributed by atoms with Gasteiger partial charge < -0.3 is 15.4 Å². The largest absolute Gasteiger partial charge is 0.469 e. The van der Waals surface area contributed by atoms with Crippen molar-refractivity contribution in [3.8, 4) is 0 Å². The van der Waals surface area contributed by atoms with E-state index in [1.165, 1.54) is 13.5 Å². The van der Waals surface area contributed by atoms with E-state index < -0.39 is 0 Å². The van der Waals surface area contributed by atoms with Gasteiger partial charge in [0.05, 0.1) is 13.0 Å². The number of likely N-dealkylation sites (tertiary alicyclic amines) is 1. The Balaban J connectivity index is 2.15. The number of rotatable bonds is 5. The molecule has 0 aliphatic carbocycles. The van der Waals surface area contributed by atoms with Crippen molar-refractivity contribution in [1.29, 1.82) is 0 Å². The average molecular weight is 214 g/mol. The van der Waals surface area contributed by atoms with Crippen LogP contribution in [-0.4, -0.2) is 44.2 Å². The Morgan fingerprint density at radius 3 is 2.60 bits per heavy atom. The van der Waals surface area contributed by atoms with Crippen molar-refractivity contribution in [1.82, 2.24) is 4.90 Å². The minimum atomic E-state index is -0.0448. The minimum absolute atomic E-state index is 0.0448. The summed E-state index contributed by atoms with van der Waals surface area (Å²) in [5, 5.41) is 0. The van der Waals surface area contributed by atoms with E-state index in [9.17, 15) is 4.79 Å². The van der Waals surface area contributed by atoms with Crippen LogP contribution in [0.1, 0.15) is 25.7 Å². The molecule has 2 N–H and O–H groups in total. The molecule has 0 aromatic rings. The van der Waals surface area contributed by atoms with Crippen LogP contribution in [0.4, 0.5) is 0 Å². The van der Waals surface area contributed by atoms with E-state index >= 15 is 0 Å². The molecule has 1 aliphatic rings. The van der Waals surface area contributed by atoms with Gasteiger partial charge in [-0.3, -0.25) is 4.79 Å². The lowest BCUT2D eigenvalue weighted by molar-refractivity contribution is -0.147. The normalized spacial score (nSPS) is 19.1. The zero-order valence-corrected chi connectivity index (χ0v) is 9.58. The molecule has 0 unspecified atom stereocenters. The Morgan fingerprint density at radius 2 is 2.07 bits per heavy atom. The predicted octanol–water partition coefficient (Wildman–Crippen LogP) is 0.610. The lowest BCUT2D eigenvalue weighted by Gasteiger charge is -2.30. The first-order valence-electron chi connectivity index (χ1n) is 5.78. The zero-order chi connectivity index (χ0) is 11.1. The Bertz CT molecular complexity index is 189. The first-order valence-corrected chi connectivity index (χ1v) is 5.78. The van der Waals surface area contributed by atoms with Crippen molar-refractivity contribution in [3.63, 3.8) is 0 Å². The lowest BCUT2D eigenvalue weighted by atomic mass is 9.97. The van der Waals surface area contributed by atoms with Crippen molar-refractivity contribution in [3.05, 3.63) is 0 Å². The first-order chi connectivity index (χ1) is 7.27. The molecule has 0 atom stereocenters. The van der Waals surface area contributed by atoms with Crippen LogP contribution >= 0.6 is 0 Å². The third kappa shape index (κ3) is 4.18. The summed E-state index contributed by atoms with van der Waals surface area (Å²) in [5.74, 6) is 0.0809. The number of carbonyl (C=O) groups excluding carboxylic acids is 1. The quantitative estimate of drug-likeness (QED) is 0.538. The van der Waals surface area contributed by atoms with Gasteiger partial charge in [-0.1, -0.05) is 0 Å². The third-order valence-corrected chi connectivity index (χ3v) is 3.05. The van der Waals surface area contributed by atoms with Gasteiger partial charge in [0.1, 0.15) is 0 Å². The summed E-state index contributed by atoms with van der Waals surface area (Å²) in [7, 11) is 1.47. The van der Waals surface area contributed by atoms with Crippen LogP contribution in [0.5, 0.6) is 0 Å². The summed E-state index contributed by atoms with van der Waals surface area (Å²) in [5.41, 5.74) is 5.44. The Morgan fingerprint density at radius 1 is 1.40 bits per heavy atom. The number of piperidine rings is 1. The molecule has 0 aromatic carbocycles. The van der Waals surface area contributed by atoms with E-state index in [0.29, 0.717) is 0 Å². The Labute approximate surface area is 91.8 Å². The number of unbranched alkanes of at least 4 members (excludes halogenated alkanes) is 1. The fourth-order valence-corrected chi connectivity index (χ4v) is 2.04. The van der Waals surface area contributed by atoms with E-state index in [1.807, 2.05) is 0 Å². The second-order valence-electron chi connectivity index (χ2n) is 4.13. The van der Waals surface area contributed by atoms with Crippen molar-refractivity contribution in [2.75, 3.05) is 33.3 Å². The summed E-state index contributed by atoms with van der Waals surface area (Å²) >= 11 is 0. The molecule has 1 fully saturated rings. The molecule has 4 nitrogen and oxygen atoms in total. The van der Waals surface area contributed by atoms with E-state index in [2.05, 4.69) is 4.90 Å². The SMILES string of the molecule is COC(=O)C1CCN(CCCCN)CC1. The van der Waals surface area contributed by atoms with Gasteiger partial charge in [-0.05, 0) is 51.9 Å². The topological polar surface area (TPSA) is 55.6 Å². The maximum Gasteiger partial charge on any atom is 0.308 e. The minimum Gasteiger partial charge on any atom is -0.469 e. The van der Waals surface area contributed by atoms with E-state index in [4.69, 9.17) is 10.5 Å². The van der Waals surface area contributed by atoms with Gasteiger partial charge >= 0.3 is 5.97 Å². The van der Waals surface area contributed by atoms with Crippen LogP contribution in [-0.2, 0) is 9.53 Å². The van der Waals surface area contributed by atoms with Gasteiger partial charge in [0.25, 0.3) is 0 Å². The van der Waals surface area contributed by atoms with Crippen molar-refractivity contribution < 1.29 is 9.53 Å². The molecular weight excluding hydrogens is 192 g/mol. The summed E-state index contributed by atoms with van der Waals surface area (Å²) in [6.45, 7) is 3.93. The summed E-state index contributed by atoms with van der Waals surface area (Å²) in [6, 6.07) is 0. The van der Waals surface area contributed by atoms with E-state index in [-0.39, 0.29) is 11.9 Å². The van der Waals surface area contributed by atoms with Gasteiger partial charge in [-0.2, -0.15) is 0 Å². The summed E-state index contributed by atoms with van der Waals surface area (Å²) in [4.78, 5) is 13.7. The molecule has 15 heavy (non-hydrogen) atoms. The fourth-order valence-electron chi connectivity index (χ4n) is 2.04. The van der Waals surface area contributed by atoms with Crippen LogP contribution in [0, 0.1) is 5.92 Å². The van der Waals surface area contributed by atoms with Crippen LogP contribution in [0.25, 0.3) is 0 Å². The standard InChI is InChI=1S/C11H22N2O2/c1-15-11(14)10-4-8-13(9-5-10)7-3-2-6-12/h10H,2-9,12H2,1H3. The van der Waals surface area contributed by atoms with Gasteiger partial charge in [0.15, 0.2) is 0 Å². The highest BCUT2D eigenvalue weighted by Gasteiger charge is 2.24. The average Bonchev–Trinajstić information content (AvgIpc) is 2.29. The molecular formula is C11H22N2O2. The Hall–Kier alpha value is -0.610. The molecule has 1 rings (SSSR count). The van der Waals surface area contributed by atoms with Crippen LogP contribution < -0.4 is 5.73 Å². The highest BCUT2D eigenvalue weighted by molar-refractivity contribution is 5.72. The summed E-state index contributed by atoms with van der Waals surface area (Å²) in [6.07, 6.45) is 4.14. The Kier molecular flexibility index (Phi) is 5.65. The summed E-state index contributed by atoms with van der Waals surface area (Å²) < 4.78 is 4.75. The zero-order valence-electron chi connectivity index (χ0n) is 9.58. The van der Waals surface area contributed by atoms with Gasteiger partial charge in [-0.25, -0.2) is 0 Å². The third-order valence-electron chi connectivity index (χ3n) is 3.05. The van der Waals surface area contributed by atoms with Crippen LogP contribution in [0.3, 0.4) is 0 Å². The number of hydrogen-bond donors (Lipinski definition) is 1. The van der Waals surface area contributed by atoms with Gasteiger partial charge in [-0.15, -0.1) is 0 Å². The van der Waals surface area contributed by atoms with Gasteiger partial charge in [0, 0.05) is 0 Å². The number of hydrogen-bond acceptors (Lipinski definition) is 4. The number of methoxy groups -OCH3 is 1. The van der Waals surface area contributed by atoms with E-state index in [0.717, 1.165) is 45.4 Å². The van der Waals surface area contributed by atoms with Crippen LogP contribution in [0.2, 0.25) is 0 Å². The fraction of sp³-hybridized carbons (Fsp3) is 0.909. The maximum absolute atomic E-state index is 11.3. The number of esters is 1. The second-order valence-corrected chi connectivity index (χ2v) is 4.13. The highest BCUT2D eigenvalue weighted by Crippen LogP contribution is 2.18. The molecule has 0 radical (unpaired) electrons. The molecule has 1 saturated heterocycles. The van der Waals surface area contributed by atoms with E-state index in [1.54, 1.807) is 0 Å². The van der Waals surface area contributed by atoms with Crippen molar-refractivity contribution >= 4 is 5.97 Å². The smallest absolute Gasteiger partial charge is 0.308 e. The molecule has 0 aromatic heterocycles. The van der Waals surface area contributed by atoms with Crippen molar-refractivity contribution in [2.45, 2.75) is 25.7 Å². The highest BCUT2D eigenvalue weighted by atomic mass is 16.5.